The van der Waals surface area contributed by atoms with E-state index in [0.29, 0.717) is 34.9 Å². The summed E-state index contributed by atoms with van der Waals surface area (Å²) in [6, 6.07) is 119. The minimum Gasteiger partial charge on any atom is -0.455 e. The fourth-order valence-electron chi connectivity index (χ4n) is 14.8. The molecule has 0 bridgehead atoms. The summed E-state index contributed by atoms with van der Waals surface area (Å²) < 4.78 is 14.0. The third kappa shape index (κ3) is 10.2. The largest absolute Gasteiger partial charge is 0.455 e. The molecule has 0 saturated carbocycles. The van der Waals surface area contributed by atoms with Crippen molar-refractivity contribution >= 4 is 87.0 Å². The van der Waals surface area contributed by atoms with Crippen molar-refractivity contribution in [1.29, 1.82) is 0 Å². The molecule has 102 heavy (non-hydrogen) atoms. The Kier molecular flexibility index (Phi) is 13.7. The molecule has 0 aliphatic rings. The van der Waals surface area contributed by atoms with Crippen molar-refractivity contribution in [3.05, 3.63) is 340 Å². The van der Waals surface area contributed by atoms with E-state index in [0.717, 1.165) is 160 Å². The molecule has 0 aliphatic carbocycles. The van der Waals surface area contributed by atoms with Gasteiger partial charge in [-0.1, -0.05) is 273 Å². The first-order chi connectivity index (χ1) is 50.5. The van der Waals surface area contributed by atoms with Crippen molar-refractivity contribution in [2.75, 3.05) is 0 Å². The zero-order chi connectivity index (χ0) is 67.2. The second kappa shape index (κ2) is 24.0. The summed E-state index contributed by atoms with van der Waals surface area (Å²) in [6.07, 6.45) is 0. The van der Waals surface area contributed by atoms with Crippen molar-refractivity contribution in [2.24, 2.45) is 0 Å². The van der Waals surface area contributed by atoms with Gasteiger partial charge in [0.1, 0.15) is 22.3 Å². The summed E-state index contributed by atoms with van der Waals surface area (Å²) in [5.41, 5.74) is 19.2. The number of benzene rings is 16. The predicted octanol–water partition coefficient (Wildman–Crippen LogP) is 24.8. The minimum absolute atomic E-state index is 0.558. The number of nitrogens with zero attached hydrogens (tertiary/aromatic N) is 6. The average Bonchev–Trinajstić information content (AvgIpc) is 1.56. The molecule has 0 aliphatic heterocycles. The summed E-state index contributed by atoms with van der Waals surface area (Å²) >= 11 is 0. The number of fused-ring (bicyclic) bond motifs is 10. The number of aromatic nitrogens is 6. The third-order valence-corrected chi connectivity index (χ3v) is 19.9. The van der Waals surface area contributed by atoms with Gasteiger partial charge in [0.15, 0.2) is 34.9 Å². The lowest BCUT2D eigenvalue weighted by molar-refractivity contribution is 0.670. The molecule has 0 radical (unpaired) electrons. The van der Waals surface area contributed by atoms with Crippen molar-refractivity contribution in [2.45, 2.75) is 0 Å². The Morgan fingerprint density at radius 3 is 1.01 bits per heavy atom. The van der Waals surface area contributed by atoms with Gasteiger partial charge in [-0.3, -0.25) is 0 Å². The van der Waals surface area contributed by atoms with Gasteiger partial charge in [0, 0.05) is 66.1 Å². The molecule has 0 N–H and O–H groups in total. The number of furan rings is 2. The van der Waals surface area contributed by atoms with Gasteiger partial charge in [-0.15, -0.1) is 0 Å². The highest BCUT2D eigenvalue weighted by atomic mass is 16.3. The van der Waals surface area contributed by atoms with Gasteiger partial charge in [-0.25, -0.2) is 29.9 Å². The van der Waals surface area contributed by atoms with E-state index in [1.165, 1.54) is 16.3 Å². The molecule has 8 heteroatoms. The van der Waals surface area contributed by atoms with Crippen molar-refractivity contribution < 1.29 is 8.83 Å². The molecule has 8 nitrogen and oxygen atoms in total. The first-order valence-corrected chi connectivity index (χ1v) is 34.3. The average molecular weight is 1300 g/mol. The van der Waals surface area contributed by atoms with E-state index in [-0.39, 0.29) is 0 Å². The lowest BCUT2D eigenvalue weighted by Gasteiger charge is -2.12. The van der Waals surface area contributed by atoms with Crippen LogP contribution in [0.1, 0.15) is 0 Å². The molecule has 16 aromatic carbocycles. The van der Waals surface area contributed by atoms with Crippen LogP contribution in [-0.2, 0) is 0 Å². The van der Waals surface area contributed by atoms with Crippen LogP contribution < -0.4 is 0 Å². The van der Waals surface area contributed by atoms with Gasteiger partial charge in [0.05, 0.1) is 0 Å². The molecule has 4 heterocycles. The third-order valence-electron chi connectivity index (χ3n) is 19.9. The van der Waals surface area contributed by atoms with Crippen LogP contribution in [0.4, 0.5) is 0 Å². The van der Waals surface area contributed by atoms with Gasteiger partial charge in [-0.2, -0.15) is 0 Å². The van der Waals surface area contributed by atoms with E-state index < -0.39 is 0 Å². The lowest BCUT2D eigenvalue weighted by atomic mass is 9.94. The van der Waals surface area contributed by atoms with Crippen LogP contribution in [0.3, 0.4) is 0 Å². The molecule has 0 unspecified atom stereocenters. The van der Waals surface area contributed by atoms with E-state index in [9.17, 15) is 0 Å². The second-order valence-corrected chi connectivity index (χ2v) is 26.1. The van der Waals surface area contributed by atoms with Crippen LogP contribution in [0.2, 0.25) is 0 Å². The smallest absolute Gasteiger partial charge is 0.164 e. The first kappa shape index (κ1) is 58.3. The van der Waals surface area contributed by atoms with E-state index in [1.54, 1.807) is 0 Å². The molecule has 20 rings (SSSR count). The summed E-state index contributed by atoms with van der Waals surface area (Å²) in [5.74, 6) is 3.46. The molecule has 474 valence electrons. The van der Waals surface area contributed by atoms with Crippen LogP contribution in [0.15, 0.2) is 349 Å². The first-order valence-electron chi connectivity index (χ1n) is 34.3. The molecule has 0 amide bonds. The Morgan fingerprint density at radius 1 is 0.167 bits per heavy atom. The zero-order valence-electron chi connectivity index (χ0n) is 54.8. The molecule has 0 saturated heterocycles. The van der Waals surface area contributed by atoms with Gasteiger partial charge < -0.3 is 8.83 Å². The molecule has 0 fully saturated rings. The molecule has 0 atom stereocenters. The Morgan fingerprint density at radius 2 is 0.490 bits per heavy atom. The van der Waals surface area contributed by atoms with Crippen molar-refractivity contribution in [3.63, 3.8) is 0 Å². The van der Waals surface area contributed by atoms with Crippen LogP contribution in [0, 0.1) is 0 Å². The Hall–Kier alpha value is -13.8. The summed E-state index contributed by atoms with van der Waals surface area (Å²) in [4.78, 5) is 31.5. The maximum absolute atomic E-state index is 7.11. The van der Waals surface area contributed by atoms with E-state index in [4.69, 9.17) is 38.7 Å². The van der Waals surface area contributed by atoms with Crippen LogP contribution in [0.5, 0.6) is 0 Å². The van der Waals surface area contributed by atoms with Gasteiger partial charge >= 0.3 is 0 Å². The molecule has 0 spiro atoms. The fraction of sp³-hybridized carbons (Fsp3) is 0. The second-order valence-electron chi connectivity index (χ2n) is 26.1. The van der Waals surface area contributed by atoms with E-state index >= 15 is 0 Å². The van der Waals surface area contributed by atoms with E-state index in [1.807, 2.05) is 54.6 Å². The Balaban J connectivity index is 0.638. The molecular formula is C94H56N6O2. The van der Waals surface area contributed by atoms with Crippen molar-refractivity contribution in [3.8, 4) is 124 Å². The topological polar surface area (TPSA) is 104 Å². The van der Waals surface area contributed by atoms with Gasteiger partial charge in [0.2, 0.25) is 0 Å². The maximum Gasteiger partial charge on any atom is 0.164 e. The highest BCUT2D eigenvalue weighted by Gasteiger charge is 2.25. The summed E-state index contributed by atoms with van der Waals surface area (Å²) in [7, 11) is 0. The quantitative estimate of drug-likeness (QED) is 0.126. The fourth-order valence-corrected chi connectivity index (χ4v) is 14.8. The van der Waals surface area contributed by atoms with Gasteiger partial charge in [-0.05, 0) is 154 Å². The Labute approximate surface area is 585 Å². The standard InChI is InChI=1S/C94H56N6O2/c1-4-18-59(19-5-1)77-46-48-79(85-81-53-66-25-10-12-27-68(66)55-83(81)101-87(77)85)93-97-89(61-21-6-2-7-22-61)95-91(99-93)63-38-34-57(35-39-63)70-42-43-73-51-71(44-45-72(73)50-70)65-30-16-31-74(52-65)78-47-49-80(86-82-54-67-26-11-13-28-69(67)56-84(82)102-88(78)86)94-98-90(62-23-8-3-9-24-62)96-92(100-94)64-40-36-60(37-41-64)76-33-17-29-58-20-14-15-32-75(58)76/h1-56H. The lowest BCUT2D eigenvalue weighted by Crippen LogP contribution is -2.00. The molecule has 4 aromatic heterocycles. The maximum atomic E-state index is 7.11. The van der Waals surface area contributed by atoms with Crippen LogP contribution in [0.25, 0.3) is 211 Å². The monoisotopic (exact) mass is 1300 g/mol. The Bertz CT molecular complexity index is 6720. The minimum atomic E-state index is 0.558. The predicted molar refractivity (Wildman–Crippen MR) is 418 cm³/mol. The summed E-state index contributed by atoms with van der Waals surface area (Å²) in [6.45, 7) is 0. The normalized spacial score (nSPS) is 11.7. The number of hydrogen-bond acceptors (Lipinski definition) is 8. The zero-order valence-corrected chi connectivity index (χ0v) is 54.8. The van der Waals surface area contributed by atoms with Crippen LogP contribution in [-0.4, -0.2) is 29.9 Å². The number of rotatable bonds is 11. The highest BCUT2D eigenvalue weighted by Crippen LogP contribution is 2.46. The van der Waals surface area contributed by atoms with Crippen LogP contribution >= 0.6 is 0 Å². The van der Waals surface area contributed by atoms with E-state index in [2.05, 4.69) is 285 Å². The number of hydrogen-bond donors (Lipinski definition) is 0. The van der Waals surface area contributed by atoms with Crippen molar-refractivity contribution in [1.82, 2.24) is 29.9 Å². The highest BCUT2D eigenvalue weighted by molar-refractivity contribution is 6.20. The SMILES string of the molecule is c1ccc(-c2nc(-c3ccc(-c4ccc5cc(-c6cccc(-c7ccc(-c8nc(-c9ccccc9)nc(-c9ccc(-c%10cccc%11ccccc%10%11)cc9)n8)c8c7oc7cc9ccccc9cc78)c6)ccc5c4)cc3)nc(-c3ccc(-c4ccccc4)c4oc5cc6ccccc6cc5c34)n2)cc1. The molecular weight excluding hydrogens is 1250 g/mol. The summed E-state index contributed by atoms with van der Waals surface area (Å²) in [5, 5.41) is 13.0. The van der Waals surface area contributed by atoms with Gasteiger partial charge in [0.25, 0.3) is 0 Å². The molecule has 20 aromatic rings.